The van der Waals surface area contributed by atoms with E-state index in [9.17, 15) is 13.9 Å². The maximum atomic E-state index is 12.2. The number of alkyl halides is 2. The summed E-state index contributed by atoms with van der Waals surface area (Å²) in [5.74, 6) is 0.651. The van der Waals surface area contributed by atoms with Crippen LogP contribution in [-0.4, -0.2) is 42.3 Å². The summed E-state index contributed by atoms with van der Waals surface area (Å²) in [6, 6.07) is 5.88. The number of benzene rings is 1. The van der Waals surface area contributed by atoms with Gasteiger partial charge in [0.05, 0.1) is 23.4 Å². The third kappa shape index (κ3) is 8.65. The second-order valence-corrected chi connectivity index (χ2v) is 6.78. The predicted octanol–water partition coefficient (Wildman–Crippen LogP) is 3.50. The molecule has 1 aromatic carbocycles. The van der Waals surface area contributed by atoms with Gasteiger partial charge in [0.1, 0.15) is 5.75 Å². The number of aliphatic imine (C=N–C) groups is 1. The van der Waals surface area contributed by atoms with Crippen molar-refractivity contribution in [3.8, 4) is 5.75 Å². The number of rotatable bonds is 9. The quantitative estimate of drug-likeness (QED) is 0.265. The molecule has 0 aliphatic rings. The summed E-state index contributed by atoms with van der Waals surface area (Å²) in [5, 5.41) is 19.7. The Balaban J connectivity index is 0.00000392. The van der Waals surface area contributed by atoms with Crippen LogP contribution >= 0.6 is 35.3 Å². The van der Waals surface area contributed by atoms with E-state index in [0.29, 0.717) is 24.6 Å². The molecule has 1 aromatic heterocycles. The molecule has 0 saturated heterocycles. The van der Waals surface area contributed by atoms with Gasteiger partial charge in [0, 0.05) is 24.9 Å². The molecule has 10 heteroatoms. The average molecular weight is 526 g/mol. The second kappa shape index (κ2) is 12.8. The van der Waals surface area contributed by atoms with E-state index in [0.717, 1.165) is 17.1 Å². The minimum absolute atomic E-state index is 0. The number of aliphatic hydroxyl groups is 1. The molecule has 0 aliphatic carbocycles. The summed E-state index contributed by atoms with van der Waals surface area (Å²) >= 11 is 1.62. The fourth-order valence-electron chi connectivity index (χ4n) is 2.33. The van der Waals surface area contributed by atoms with Crippen LogP contribution in [0, 0.1) is 6.92 Å². The van der Waals surface area contributed by atoms with Crippen LogP contribution in [0.25, 0.3) is 0 Å². The molecule has 0 radical (unpaired) electrons. The van der Waals surface area contributed by atoms with Gasteiger partial charge in [-0.1, -0.05) is 12.1 Å². The van der Waals surface area contributed by atoms with Crippen LogP contribution in [0.5, 0.6) is 5.75 Å². The molecule has 2 aromatic rings. The standard InChI is InChI=1S/C18H24F2N4O2S.HI/c1-3-21-18(22-9-8-14-11-27-12(2)24-14)23-10-16(25)13-4-6-15(7-5-13)26-17(19)20;/h4-7,11,16-17,25H,3,8-10H2,1-2H3,(H2,21,22,23);1H. The zero-order valence-electron chi connectivity index (χ0n) is 15.7. The molecule has 2 rings (SSSR count). The van der Waals surface area contributed by atoms with E-state index in [1.165, 1.54) is 12.1 Å². The molecule has 6 nitrogen and oxygen atoms in total. The van der Waals surface area contributed by atoms with Crippen LogP contribution in [-0.2, 0) is 6.42 Å². The Labute approximate surface area is 184 Å². The molecular weight excluding hydrogens is 501 g/mol. The van der Waals surface area contributed by atoms with Gasteiger partial charge in [-0.05, 0) is 31.5 Å². The number of hydrogen-bond donors (Lipinski definition) is 3. The molecule has 156 valence electrons. The molecule has 3 N–H and O–H groups in total. The van der Waals surface area contributed by atoms with E-state index < -0.39 is 12.7 Å². The van der Waals surface area contributed by atoms with E-state index in [1.807, 2.05) is 19.2 Å². The number of halogens is 3. The molecule has 0 bridgehead atoms. The topological polar surface area (TPSA) is 78.8 Å². The van der Waals surface area contributed by atoms with Crippen LogP contribution in [0.15, 0.2) is 34.6 Å². The zero-order valence-corrected chi connectivity index (χ0v) is 18.8. The van der Waals surface area contributed by atoms with Crippen molar-refractivity contribution in [2.45, 2.75) is 33.0 Å². The van der Waals surface area contributed by atoms with Crippen molar-refractivity contribution in [1.29, 1.82) is 0 Å². The van der Waals surface area contributed by atoms with Crippen molar-refractivity contribution < 1.29 is 18.6 Å². The van der Waals surface area contributed by atoms with E-state index in [-0.39, 0.29) is 36.3 Å². The maximum Gasteiger partial charge on any atom is 0.387 e. The summed E-state index contributed by atoms with van der Waals surface area (Å²) in [6.07, 6.45) is -0.0645. The van der Waals surface area contributed by atoms with Crippen LogP contribution in [0.4, 0.5) is 8.78 Å². The molecule has 0 spiro atoms. The van der Waals surface area contributed by atoms with Gasteiger partial charge in [-0.3, -0.25) is 4.99 Å². The van der Waals surface area contributed by atoms with E-state index in [4.69, 9.17) is 0 Å². The van der Waals surface area contributed by atoms with Gasteiger partial charge < -0.3 is 20.5 Å². The smallest absolute Gasteiger partial charge is 0.387 e. The van der Waals surface area contributed by atoms with Crippen LogP contribution in [0.1, 0.15) is 29.3 Å². The number of hydrogen-bond acceptors (Lipinski definition) is 5. The highest BCUT2D eigenvalue weighted by atomic mass is 127. The maximum absolute atomic E-state index is 12.2. The van der Waals surface area contributed by atoms with E-state index >= 15 is 0 Å². The summed E-state index contributed by atoms with van der Waals surface area (Å²) in [6.45, 7) is 2.56. The fourth-order valence-corrected chi connectivity index (χ4v) is 2.98. The first-order valence-corrected chi connectivity index (χ1v) is 9.52. The highest BCUT2D eigenvalue weighted by molar-refractivity contribution is 14.0. The molecular formula is C18H25F2IN4O2S. The first-order chi connectivity index (χ1) is 13.0. The average Bonchev–Trinajstić information content (AvgIpc) is 3.04. The van der Waals surface area contributed by atoms with Crippen LogP contribution < -0.4 is 15.4 Å². The van der Waals surface area contributed by atoms with Crippen molar-refractivity contribution in [2.75, 3.05) is 19.6 Å². The van der Waals surface area contributed by atoms with Gasteiger partial charge >= 0.3 is 6.61 Å². The highest BCUT2D eigenvalue weighted by Crippen LogP contribution is 2.19. The molecule has 1 unspecified atom stereocenters. The first kappa shape index (κ1) is 24.5. The van der Waals surface area contributed by atoms with Crippen LogP contribution in [0.3, 0.4) is 0 Å². The summed E-state index contributed by atoms with van der Waals surface area (Å²) in [5.41, 5.74) is 1.61. The van der Waals surface area contributed by atoms with E-state index in [2.05, 4.69) is 25.3 Å². The Bertz CT molecular complexity index is 729. The summed E-state index contributed by atoms with van der Waals surface area (Å²) < 4.78 is 28.6. The van der Waals surface area contributed by atoms with Crippen molar-refractivity contribution in [2.24, 2.45) is 4.99 Å². The predicted molar refractivity (Wildman–Crippen MR) is 118 cm³/mol. The number of nitrogens with zero attached hydrogens (tertiary/aromatic N) is 2. The van der Waals surface area contributed by atoms with Gasteiger partial charge in [0.25, 0.3) is 0 Å². The Morgan fingerprint density at radius 1 is 1.29 bits per heavy atom. The first-order valence-electron chi connectivity index (χ1n) is 8.64. The monoisotopic (exact) mass is 526 g/mol. The molecule has 28 heavy (non-hydrogen) atoms. The van der Waals surface area contributed by atoms with Crippen molar-refractivity contribution in [3.63, 3.8) is 0 Å². The largest absolute Gasteiger partial charge is 0.435 e. The van der Waals surface area contributed by atoms with Crippen molar-refractivity contribution >= 4 is 41.3 Å². The lowest BCUT2D eigenvalue weighted by atomic mass is 10.1. The van der Waals surface area contributed by atoms with Gasteiger partial charge in [0.15, 0.2) is 5.96 Å². The third-order valence-corrected chi connectivity index (χ3v) is 4.42. The Hall–Kier alpha value is -1.53. The lowest BCUT2D eigenvalue weighted by molar-refractivity contribution is -0.0498. The fraction of sp³-hybridized carbons (Fsp3) is 0.444. The lowest BCUT2D eigenvalue weighted by Crippen LogP contribution is -2.38. The van der Waals surface area contributed by atoms with Gasteiger partial charge in [-0.25, -0.2) is 4.98 Å². The number of nitrogens with one attached hydrogen (secondary N) is 2. The summed E-state index contributed by atoms with van der Waals surface area (Å²) in [4.78, 5) is 8.79. The number of aryl methyl sites for hydroxylation is 1. The van der Waals surface area contributed by atoms with Gasteiger partial charge in [-0.2, -0.15) is 8.78 Å². The second-order valence-electron chi connectivity index (χ2n) is 5.72. The normalized spacial score (nSPS) is 12.4. The lowest BCUT2D eigenvalue weighted by Gasteiger charge is -2.13. The summed E-state index contributed by atoms with van der Waals surface area (Å²) in [7, 11) is 0. The highest BCUT2D eigenvalue weighted by Gasteiger charge is 2.09. The number of guanidine groups is 1. The minimum atomic E-state index is -2.87. The molecule has 0 amide bonds. The Kier molecular flexibility index (Phi) is 11.2. The van der Waals surface area contributed by atoms with Crippen molar-refractivity contribution in [3.05, 3.63) is 45.9 Å². The van der Waals surface area contributed by atoms with Crippen molar-refractivity contribution in [1.82, 2.24) is 15.6 Å². The molecule has 0 fully saturated rings. The number of aliphatic hydroxyl groups excluding tert-OH is 1. The minimum Gasteiger partial charge on any atom is -0.435 e. The van der Waals surface area contributed by atoms with E-state index in [1.54, 1.807) is 23.5 Å². The molecule has 0 saturated carbocycles. The van der Waals surface area contributed by atoms with Crippen LogP contribution in [0.2, 0.25) is 0 Å². The number of thiazole rings is 1. The third-order valence-electron chi connectivity index (χ3n) is 3.60. The number of aromatic nitrogens is 1. The molecule has 1 heterocycles. The Morgan fingerprint density at radius 2 is 2.00 bits per heavy atom. The molecule has 1 atom stereocenters. The molecule has 0 aliphatic heterocycles. The Morgan fingerprint density at radius 3 is 2.57 bits per heavy atom. The zero-order chi connectivity index (χ0) is 19.6. The van der Waals surface area contributed by atoms with Gasteiger partial charge in [0.2, 0.25) is 0 Å². The SMILES string of the molecule is CCNC(=NCC(O)c1ccc(OC(F)F)cc1)NCCc1csc(C)n1.I. The number of ether oxygens (including phenoxy) is 1. The van der Waals surface area contributed by atoms with Gasteiger partial charge in [-0.15, -0.1) is 35.3 Å².